The molecular weight excluding hydrogens is 210 g/mol. The van der Waals surface area contributed by atoms with Gasteiger partial charge >= 0.3 is 0 Å². The van der Waals surface area contributed by atoms with E-state index in [4.69, 9.17) is 6.42 Å². The van der Waals surface area contributed by atoms with E-state index < -0.39 is 0 Å². The van der Waals surface area contributed by atoms with Crippen LogP contribution in [0.4, 0.5) is 0 Å². The maximum atomic E-state index is 11.9. The lowest BCUT2D eigenvalue weighted by molar-refractivity contribution is -0.122. The molecule has 0 aromatic carbocycles. The molecule has 96 valence electrons. The smallest absolute Gasteiger partial charge is 0.221 e. The van der Waals surface area contributed by atoms with Crippen LogP contribution in [0.1, 0.15) is 64.7 Å². The van der Waals surface area contributed by atoms with Crippen LogP contribution in [0.5, 0.6) is 0 Å². The van der Waals surface area contributed by atoms with Crippen molar-refractivity contribution >= 4 is 5.91 Å². The first kappa shape index (κ1) is 14.1. The molecule has 0 aromatic heterocycles. The SMILES string of the molecule is C#CC(CCC)NC(=O)CC1CCCCCC1. The minimum atomic E-state index is -0.0710. The van der Waals surface area contributed by atoms with Crippen LogP contribution in [0.15, 0.2) is 0 Å². The number of amides is 1. The predicted octanol–water partition coefficient (Wildman–Crippen LogP) is 3.27. The minimum absolute atomic E-state index is 0.0710. The van der Waals surface area contributed by atoms with Crippen molar-refractivity contribution in [2.75, 3.05) is 0 Å². The zero-order valence-electron chi connectivity index (χ0n) is 11.0. The van der Waals surface area contributed by atoms with Gasteiger partial charge < -0.3 is 5.32 Å². The van der Waals surface area contributed by atoms with Gasteiger partial charge in [0.1, 0.15) is 0 Å². The van der Waals surface area contributed by atoms with Crippen molar-refractivity contribution in [1.82, 2.24) is 5.32 Å². The number of terminal acetylenes is 1. The summed E-state index contributed by atoms with van der Waals surface area (Å²) in [5.74, 6) is 3.38. The molecule has 2 nitrogen and oxygen atoms in total. The molecule has 0 aromatic rings. The van der Waals surface area contributed by atoms with Gasteiger partial charge in [-0.2, -0.15) is 0 Å². The van der Waals surface area contributed by atoms with Crippen LogP contribution in [-0.4, -0.2) is 11.9 Å². The Balaban J connectivity index is 2.29. The van der Waals surface area contributed by atoms with Crippen LogP contribution in [0.25, 0.3) is 0 Å². The number of rotatable bonds is 5. The quantitative estimate of drug-likeness (QED) is 0.575. The molecule has 2 heteroatoms. The monoisotopic (exact) mass is 235 g/mol. The molecule has 17 heavy (non-hydrogen) atoms. The Labute approximate surface area is 106 Å². The molecule has 0 heterocycles. The van der Waals surface area contributed by atoms with Gasteiger partial charge in [-0.15, -0.1) is 6.42 Å². The fraction of sp³-hybridized carbons (Fsp3) is 0.800. The molecule has 0 radical (unpaired) electrons. The second-order valence-electron chi connectivity index (χ2n) is 5.14. The van der Waals surface area contributed by atoms with Crippen molar-refractivity contribution in [3.63, 3.8) is 0 Å². The summed E-state index contributed by atoms with van der Waals surface area (Å²) in [5, 5.41) is 2.96. The van der Waals surface area contributed by atoms with Gasteiger partial charge in [0.2, 0.25) is 5.91 Å². The Morgan fingerprint density at radius 1 is 1.35 bits per heavy atom. The average molecular weight is 235 g/mol. The van der Waals surface area contributed by atoms with E-state index in [-0.39, 0.29) is 11.9 Å². The highest BCUT2D eigenvalue weighted by Gasteiger charge is 2.17. The van der Waals surface area contributed by atoms with Crippen molar-refractivity contribution in [2.45, 2.75) is 70.8 Å². The average Bonchev–Trinajstić information content (AvgIpc) is 2.57. The zero-order chi connectivity index (χ0) is 12.5. The summed E-state index contributed by atoms with van der Waals surface area (Å²) < 4.78 is 0. The topological polar surface area (TPSA) is 29.1 Å². The summed E-state index contributed by atoms with van der Waals surface area (Å²) in [5.41, 5.74) is 0. The third-order valence-electron chi connectivity index (χ3n) is 3.56. The van der Waals surface area contributed by atoms with Crippen LogP contribution in [0.2, 0.25) is 0 Å². The van der Waals surface area contributed by atoms with Gasteiger partial charge in [0.05, 0.1) is 6.04 Å². The first-order valence-electron chi connectivity index (χ1n) is 7.01. The molecule has 1 atom stereocenters. The molecule has 0 aliphatic heterocycles. The molecule has 0 spiro atoms. The second-order valence-corrected chi connectivity index (χ2v) is 5.14. The van der Waals surface area contributed by atoms with Crippen LogP contribution < -0.4 is 5.32 Å². The number of nitrogens with one attached hydrogen (secondary N) is 1. The van der Waals surface area contributed by atoms with E-state index in [0.717, 1.165) is 12.8 Å². The first-order chi connectivity index (χ1) is 8.26. The molecule has 0 bridgehead atoms. The van der Waals surface area contributed by atoms with Gasteiger partial charge in [-0.05, 0) is 25.2 Å². The second kappa shape index (κ2) is 8.17. The first-order valence-corrected chi connectivity index (χ1v) is 7.01. The Kier molecular flexibility index (Phi) is 6.77. The van der Waals surface area contributed by atoms with E-state index in [1.165, 1.54) is 38.5 Å². The van der Waals surface area contributed by atoms with E-state index in [9.17, 15) is 4.79 Å². The largest absolute Gasteiger partial charge is 0.342 e. The van der Waals surface area contributed by atoms with Crippen molar-refractivity contribution in [3.05, 3.63) is 0 Å². The molecule has 1 fully saturated rings. The Morgan fingerprint density at radius 2 is 2.00 bits per heavy atom. The fourth-order valence-electron chi connectivity index (χ4n) is 2.57. The van der Waals surface area contributed by atoms with Crippen LogP contribution >= 0.6 is 0 Å². The molecule has 1 aliphatic rings. The minimum Gasteiger partial charge on any atom is -0.342 e. The molecule has 1 saturated carbocycles. The van der Waals surface area contributed by atoms with Gasteiger partial charge in [0.25, 0.3) is 0 Å². The van der Waals surface area contributed by atoms with Gasteiger partial charge in [-0.25, -0.2) is 0 Å². The highest BCUT2D eigenvalue weighted by atomic mass is 16.1. The molecule has 0 saturated heterocycles. The van der Waals surface area contributed by atoms with E-state index >= 15 is 0 Å². The summed E-state index contributed by atoms with van der Waals surface area (Å²) in [6.45, 7) is 2.09. The van der Waals surface area contributed by atoms with Crippen LogP contribution in [-0.2, 0) is 4.79 Å². The normalized spacial score (nSPS) is 19.1. The highest BCUT2D eigenvalue weighted by Crippen LogP contribution is 2.25. The van der Waals surface area contributed by atoms with E-state index in [1.54, 1.807) is 0 Å². The van der Waals surface area contributed by atoms with E-state index in [1.807, 2.05) is 0 Å². The molecule has 1 rings (SSSR count). The van der Waals surface area contributed by atoms with E-state index in [0.29, 0.717) is 12.3 Å². The lowest BCUT2D eigenvalue weighted by Crippen LogP contribution is -2.34. The standard InChI is InChI=1S/C15H25NO/c1-3-9-14(4-2)16-15(17)12-13-10-7-5-6-8-11-13/h2,13-14H,3,5-12H2,1H3,(H,16,17). The highest BCUT2D eigenvalue weighted by molar-refractivity contribution is 5.76. The summed E-state index contributed by atoms with van der Waals surface area (Å²) in [7, 11) is 0. The maximum absolute atomic E-state index is 11.9. The Bertz CT molecular complexity index is 259. The van der Waals surface area contributed by atoms with Crippen molar-refractivity contribution in [2.24, 2.45) is 5.92 Å². The predicted molar refractivity (Wildman–Crippen MR) is 71.5 cm³/mol. The van der Waals surface area contributed by atoms with Gasteiger partial charge in [0, 0.05) is 6.42 Å². The van der Waals surface area contributed by atoms with Gasteiger partial charge in [-0.3, -0.25) is 4.79 Å². The van der Waals surface area contributed by atoms with Crippen LogP contribution in [0.3, 0.4) is 0 Å². The number of carbonyl (C=O) groups is 1. The number of hydrogen-bond donors (Lipinski definition) is 1. The van der Waals surface area contributed by atoms with E-state index in [2.05, 4.69) is 18.2 Å². The zero-order valence-corrected chi connectivity index (χ0v) is 11.0. The summed E-state index contributed by atoms with van der Waals surface area (Å²) in [6, 6.07) is -0.0710. The fourth-order valence-corrected chi connectivity index (χ4v) is 2.57. The third kappa shape index (κ3) is 5.77. The summed E-state index contributed by atoms with van der Waals surface area (Å²) in [6.07, 6.45) is 15.6. The molecule has 1 N–H and O–H groups in total. The Morgan fingerprint density at radius 3 is 2.53 bits per heavy atom. The molecular formula is C15H25NO. The number of carbonyl (C=O) groups excluding carboxylic acids is 1. The van der Waals surface area contributed by atoms with Crippen molar-refractivity contribution < 1.29 is 4.79 Å². The summed E-state index contributed by atoms with van der Waals surface area (Å²) >= 11 is 0. The van der Waals surface area contributed by atoms with Crippen LogP contribution in [0, 0.1) is 18.3 Å². The third-order valence-corrected chi connectivity index (χ3v) is 3.56. The van der Waals surface area contributed by atoms with Crippen molar-refractivity contribution in [3.8, 4) is 12.3 Å². The lowest BCUT2D eigenvalue weighted by atomic mass is 9.96. The lowest BCUT2D eigenvalue weighted by Gasteiger charge is -2.16. The van der Waals surface area contributed by atoms with Gasteiger partial charge in [0.15, 0.2) is 0 Å². The van der Waals surface area contributed by atoms with Gasteiger partial charge in [-0.1, -0.05) is 44.9 Å². The maximum Gasteiger partial charge on any atom is 0.221 e. The summed E-state index contributed by atoms with van der Waals surface area (Å²) in [4.78, 5) is 11.9. The number of hydrogen-bond acceptors (Lipinski definition) is 1. The molecule has 1 aliphatic carbocycles. The molecule has 1 unspecified atom stereocenters. The molecule has 1 amide bonds. The Hall–Kier alpha value is -0.970. The van der Waals surface area contributed by atoms with Crippen molar-refractivity contribution in [1.29, 1.82) is 0 Å².